The van der Waals surface area contributed by atoms with E-state index in [1.165, 1.54) is 39.8 Å². The number of thiazole rings is 1. The molecule has 0 unspecified atom stereocenters. The molecule has 5 rings (SSSR count). The lowest BCUT2D eigenvalue weighted by molar-refractivity contribution is 0.0947. The number of nitrogens with zero attached hydrogens (tertiary/aromatic N) is 5. The highest BCUT2D eigenvalue weighted by Gasteiger charge is 2.21. The molecule has 0 bridgehead atoms. The Morgan fingerprint density at radius 3 is 2.83 bits per heavy atom. The van der Waals surface area contributed by atoms with Gasteiger partial charge >= 0.3 is 5.91 Å². The monoisotopic (exact) mass is 590 g/mol. The first-order chi connectivity index (χ1) is 17.0. The summed E-state index contributed by atoms with van der Waals surface area (Å²) >= 11 is 12.1. The molecule has 0 radical (unpaired) electrons. The lowest BCUT2D eigenvalue weighted by Crippen LogP contribution is -2.22. The van der Waals surface area contributed by atoms with Crippen LogP contribution >= 0.6 is 50.2 Å². The van der Waals surface area contributed by atoms with Crippen molar-refractivity contribution in [3.63, 3.8) is 0 Å². The molecule has 5 heterocycles. The summed E-state index contributed by atoms with van der Waals surface area (Å²) in [6.45, 7) is 0.808. The first-order valence-electron chi connectivity index (χ1n) is 10.3. The molecular formula is C22H16BrClN6O3S2. The molecule has 5 aromatic rings. The first-order valence-corrected chi connectivity index (χ1v) is 13.1. The van der Waals surface area contributed by atoms with E-state index in [1.54, 1.807) is 34.5 Å². The van der Waals surface area contributed by atoms with Crippen LogP contribution in [0.25, 0.3) is 11.4 Å². The maximum absolute atomic E-state index is 13.2. The van der Waals surface area contributed by atoms with E-state index in [0.29, 0.717) is 50.5 Å². The van der Waals surface area contributed by atoms with E-state index in [9.17, 15) is 9.59 Å². The minimum atomic E-state index is -0.371. The fourth-order valence-electron chi connectivity index (χ4n) is 3.43. The van der Waals surface area contributed by atoms with Crippen molar-refractivity contribution in [2.45, 2.75) is 19.5 Å². The van der Waals surface area contributed by atoms with Crippen molar-refractivity contribution in [2.24, 2.45) is 0 Å². The zero-order valence-electron chi connectivity index (χ0n) is 17.9. The van der Waals surface area contributed by atoms with Gasteiger partial charge in [0.05, 0.1) is 22.3 Å². The second kappa shape index (κ2) is 10.3. The maximum Gasteiger partial charge on any atom is 0.309 e. The molecule has 9 nitrogen and oxygen atoms in total. The molecule has 0 aliphatic carbocycles. The van der Waals surface area contributed by atoms with Crippen LogP contribution in [0.15, 0.2) is 68.2 Å². The lowest BCUT2D eigenvalue weighted by atomic mass is 10.2. The molecule has 0 aromatic carbocycles. The highest BCUT2D eigenvalue weighted by atomic mass is 79.9. The summed E-state index contributed by atoms with van der Waals surface area (Å²) in [5.41, 5.74) is 1.54. The van der Waals surface area contributed by atoms with Gasteiger partial charge in [-0.3, -0.25) is 9.59 Å². The van der Waals surface area contributed by atoms with Crippen LogP contribution in [0.2, 0.25) is 4.34 Å². The van der Waals surface area contributed by atoms with Crippen LogP contribution in [0, 0.1) is 0 Å². The Morgan fingerprint density at radius 1 is 1.23 bits per heavy atom. The smallest absolute Gasteiger partial charge is 0.309 e. The summed E-state index contributed by atoms with van der Waals surface area (Å²) in [4.78, 5) is 35.3. The standard InChI is InChI=1S/C22H16BrClN6O3S2/c23-13-7-17(29(20(31)8-13)5-3-14-11-33-12-27-14)16-9-19(26-10-15-1-2-18(24)35-15)30(28-16)22(32)21-25-4-6-34-21/h1-2,4,6-9,11-12,26H,3,5,10H2. The highest BCUT2D eigenvalue weighted by Crippen LogP contribution is 2.27. The number of pyridine rings is 1. The number of aromatic nitrogens is 5. The fourth-order valence-corrected chi connectivity index (χ4v) is 5.43. The maximum atomic E-state index is 13.2. The van der Waals surface area contributed by atoms with Gasteiger partial charge in [-0.1, -0.05) is 27.5 Å². The SMILES string of the molecule is O=C(c1nccs1)n1nc(-c2cc(Br)cc(=O)n2CCc2cocn2)cc1NCc1ccc(Cl)s1. The van der Waals surface area contributed by atoms with Crippen molar-refractivity contribution in [1.82, 2.24) is 24.3 Å². The van der Waals surface area contributed by atoms with E-state index >= 15 is 0 Å². The molecule has 0 spiro atoms. The third kappa shape index (κ3) is 5.30. The topological polar surface area (TPSA) is 108 Å². The molecule has 0 fully saturated rings. The molecule has 0 aliphatic heterocycles. The zero-order chi connectivity index (χ0) is 24.4. The lowest BCUT2D eigenvalue weighted by Gasteiger charge is -2.11. The predicted octanol–water partition coefficient (Wildman–Crippen LogP) is 5.18. The molecule has 0 saturated carbocycles. The number of anilines is 1. The number of oxazole rings is 1. The first kappa shape index (κ1) is 23.7. The Bertz CT molecular complexity index is 1530. The Balaban J connectivity index is 1.54. The van der Waals surface area contributed by atoms with Crippen molar-refractivity contribution >= 4 is 61.9 Å². The van der Waals surface area contributed by atoms with Gasteiger partial charge in [0.1, 0.15) is 17.8 Å². The number of hydrogen-bond donors (Lipinski definition) is 1. The number of halogens is 2. The van der Waals surface area contributed by atoms with Crippen LogP contribution < -0.4 is 10.9 Å². The van der Waals surface area contributed by atoms with Crippen LogP contribution in [-0.4, -0.2) is 30.2 Å². The van der Waals surface area contributed by atoms with Crippen molar-refractivity contribution in [3.05, 3.63) is 89.3 Å². The molecule has 5 aromatic heterocycles. The quantitative estimate of drug-likeness (QED) is 0.265. The molecule has 178 valence electrons. The average Bonchev–Trinajstić information content (AvgIpc) is 3.64. The van der Waals surface area contributed by atoms with E-state index in [2.05, 4.69) is 36.3 Å². The van der Waals surface area contributed by atoms with Crippen LogP contribution in [-0.2, 0) is 19.5 Å². The van der Waals surface area contributed by atoms with Gasteiger partial charge in [0.15, 0.2) is 11.4 Å². The number of aryl methyl sites for hydroxylation is 1. The normalized spacial score (nSPS) is 11.1. The Labute approximate surface area is 220 Å². The summed E-state index contributed by atoms with van der Waals surface area (Å²) in [5.74, 6) is 0.102. The van der Waals surface area contributed by atoms with Crippen LogP contribution in [0.3, 0.4) is 0 Å². The summed E-state index contributed by atoms with van der Waals surface area (Å²) in [7, 11) is 0. The summed E-state index contributed by atoms with van der Waals surface area (Å²) < 4.78 is 9.20. The molecule has 13 heteroatoms. The molecule has 0 aliphatic rings. The van der Waals surface area contributed by atoms with E-state index in [1.807, 2.05) is 12.1 Å². The summed E-state index contributed by atoms with van der Waals surface area (Å²) in [6.07, 6.45) is 4.96. The molecule has 0 atom stereocenters. The number of hydrogen-bond acceptors (Lipinski definition) is 9. The van der Waals surface area contributed by atoms with Crippen LogP contribution in [0.4, 0.5) is 5.82 Å². The van der Waals surface area contributed by atoms with Crippen molar-refractivity contribution in [3.8, 4) is 11.4 Å². The van der Waals surface area contributed by atoms with Gasteiger partial charge < -0.3 is 14.3 Å². The van der Waals surface area contributed by atoms with Crippen molar-refractivity contribution in [2.75, 3.05) is 5.32 Å². The van der Waals surface area contributed by atoms with Gasteiger partial charge in [-0.15, -0.1) is 22.7 Å². The van der Waals surface area contributed by atoms with Crippen molar-refractivity contribution in [1.29, 1.82) is 0 Å². The predicted molar refractivity (Wildman–Crippen MR) is 138 cm³/mol. The van der Waals surface area contributed by atoms with E-state index in [4.69, 9.17) is 16.0 Å². The van der Waals surface area contributed by atoms with Gasteiger partial charge in [0.2, 0.25) is 0 Å². The van der Waals surface area contributed by atoms with Gasteiger partial charge in [-0.05, 0) is 18.2 Å². The van der Waals surface area contributed by atoms with Gasteiger partial charge in [-0.2, -0.15) is 9.78 Å². The Hall–Kier alpha value is -3.06. The number of nitrogens with one attached hydrogen (secondary N) is 1. The average molecular weight is 592 g/mol. The summed E-state index contributed by atoms with van der Waals surface area (Å²) in [5, 5.41) is 9.88. The van der Waals surface area contributed by atoms with Gasteiger partial charge in [0.25, 0.3) is 5.56 Å². The number of rotatable bonds is 8. The summed E-state index contributed by atoms with van der Waals surface area (Å²) in [6, 6.07) is 8.77. The number of carbonyl (C=O) groups excluding carboxylic acids is 1. The third-order valence-corrected chi connectivity index (χ3v) is 7.47. The fraction of sp³-hybridized carbons (Fsp3) is 0.136. The second-order valence-corrected chi connectivity index (χ2v) is 10.9. The highest BCUT2D eigenvalue weighted by molar-refractivity contribution is 9.10. The Morgan fingerprint density at radius 2 is 2.11 bits per heavy atom. The molecule has 0 amide bonds. The zero-order valence-corrected chi connectivity index (χ0v) is 21.8. The molecule has 1 N–H and O–H groups in total. The minimum absolute atomic E-state index is 0.207. The third-order valence-electron chi connectivity index (χ3n) is 5.02. The van der Waals surface area contributed by atoms with E-state index in [-0.39, 0.29) is 11.5 Å². The Kier molecular flexibility index (Phi) is 6.95. The largest absolute Gasteiger partial charge is 0.451 e. The van der Waals surface area contributed by atoms with Gasteiger partial charge in [0, 0.05) is 46.0 Å². The van der Waals surface area contributed by atoms with Crippen molar-refractivity contribution < 1.29 is 9.21 Å². The number of thiophene rings is 1. The van der Waals surface area contributed by atoms with E-state index in [0.717, 1.165) is 10.6 Å². The minimum Gasteiger partial charge on any atom is -0.451 e. The molecule has 0 saturated heterocycles. The van der Waals surface area contributed by atoms with E-state index < -0.39 is 0 Å². The second-order valence-electron chi connectivity index (χ2n) is 7.31. The molecule has 35 heavy (non-hydrogen) atoms. The number of carbonyl (C=O) groups is 1. The molecular weight excluding hydrogens is 576 g/mol. The van der Waals surface area contributed by atoms with Crippen LogP contribution in [0.5, 0.6) is 0 Å². The van der Waals surface area contributed by atoms with Gasteiger partial charge in [-0.25, -0.2) is 9.97 Å². The van der Waals surface area contributed by atoms with Crippen LogP contribution in [0.1, 0.15) is 20.4 Å².